The number of aromatic nitrogens is 3. The molecule has 0 bridgehead atoms. The smallest absolute Gasteiger partial charge is 0.280 e. The maximum absolute atomic E-state index is 11.8. The molecule has 0 aliphatic heterocycles. The summed E-state index contributed by atoms with van der Waals surface area (Å²) in [4.78, 5) is 3.80. The second-order valence-electron chi connectivity index (χ2n) is 2.83. The molecule has 3 N–H and O–H groups in total. The van der Waals surface area contributed by atoms with Gasteiger partial charge >= 0.3 is 0 Å². The van der Waals surface area contributed by atoms with E-state index < -0.39 is 16.6 Å². The van der Waals surface area contributed by atoms with Crippen LogP contribution in [0.1, 0.15) is 5.56 Å². The first kappa shape index (κ1) is 11.0. The number of H-pyrrole nitrogens is 1. The predicted octanol–water partition coefficient (Wildman–Crippen LogP) is 0.159. The van der Waals surface area contributed by atoms with Gasteiger partial charge in [0.15, 0.2) is 10.2 Å². The molecule has 0 radical (unpaired) electrons. The molecule has 0 amide bonds. The fraction of sp³-hybridized carbons (Fsp3) is 0.143. The number of nitrogens with zero attached hydrogens (tertiary/aromatic N) is 2. The van der Waals surface area contributed by atoms with Gasteiger partial charge in [-0.3, -0.25) is 9.82 Å². The van der Waals surface area contributed by atoms with E-state index in [4.69, 9.17) is 5.11 Å². The highest BCUT2D eigenvalue weighted by Gasteiger charge is 2.21. The summed E-state index contributed by atoms with van der Waals surface area (Å²) < 4.78 is 25.9. The van der Waals surface area contributed by atoms with Gasteiger partial charge < -0.3 is 5.11 Å². The van der Waals surface area contributed by atoms with Crippen LogP contribution in [0.25, 0.3) is 0 Å². The SMILES string of the molecule is O=S(=O)(Nc1nccs1)c1[nH]ncc1CO. The zero-order chi connectivity index (χ0) is 11.6. The lowest BCUT2D eigenvalue weighted by atomic mass is 10.4. The van der Waals surface area contributed by atoms with Crippen LogP contribution in [0.15, 0.2) is 22.8 Å². The molecule has 7 nitrogen and oxygen atoms in total. The Labute approximate surface area is 95.2 Å². The molecular formula is C7H8N4O3S2. The number of anilines is 1. The van der Waals surface area contributed by atoms with E-state index >= 15 is 0 Å². The third-order valence-corrected chi connectivity index (χ3v) is 3.94. The molecule has 2 heterocycles. The van der Waals surface area contributed by atoms with Crippen LogP contribution >= 0.6 is 11.3 Å². The summed E-state index contributed by atoms with van der Waals surface area (Å²) in [7, 11) is -3.76. The molecule has 2 rings (SSSR count). The van der Waals surface area contributed by atoms with Gasteiger partial charge in [-0.25, -0.2) is 4.98 Å². The highest BCUT2D eigenvalue weighted by molar-refractivity contribution is 7.92. The summed E-state index contributed by atoms with van der Waals surface area (Å²) >= 11 is 1.16. The first-order valence-electron chi connectivity index (χ1n) is 4.19. The Bertz CT molecular complexity index is 560. The first-order valence-corrected chi connectivity index (χ1v) is 6.55. The van der Waals surface area contributed by atoms with Crippen molar-refractivity contribution in [2.24, 2.45) is 0 Å². The molecule has 2 aromatic heterocycles. The first-order chi connectivity index (χ1) is 7.63. The Morgan fingerprint density at radius 1 is 1.56 bits per heavy atom. The van der Waals surface area contributed by atoms with E-state index in [-0.39, 0.29) is 15.7 Å². The Morgan fingerprint density at radius 3 is 3.00 bits per heavy atom. The van der Waals surface area contributed by atoms with Crippen molar-refractivity contribution in [1.82, 2.24) is 15.2 Å². The molecule has 0 atom stereocenters. The van der Waals surface area contributed by atoms with Crippen LogP contribution in [0.3, 0.4) is 0 Å². The zero-order valence-corrected chi connectivity index (χ0v) is 9.55. The lowest BCUT2D eigenvalue weighted by Crippen LogP contribution is -2.15. The second-order valence-corrected chi connectivity index (χ2v) is 5.34. The highest BCUT2D eigenvalue weighted by Crippen LogP contribution is 2.18. The van der Waals surface area contributed by atoms with Crippen LogP contribution < -0.4 is 4.72 Å². The summed E-state index contributed by atoms with van der Waals surface area (Å²) in [6.45, 7) is -0.398. The Hall–Kier alpha value is -1.45. The molecule has 0 aliphatic rings. The van der Waals surface area contributed by atoms with Crippen LogP contribution in [-0.2, 0) is 16.6 Å². The van der Waals surface area contributed by atoms with Crippen LogP contribution in [0, 0.1) is 0 Å². The van der Waals surface area contributed by atoms with Crippen molar-refractivity contribution >= 4 is 26.5 Å². The van der Waals surface area contributed by atoms with E-state index in [0.717, 1.165) is 11.3 Å². The molecule has 0 aliphatic carbocycles. The summed E-state index contributed by atoms with van der Waals surface area (Å²) in [5.41, 5.74) is 0.212. The molecule has 0 spiro atoms. The molecule has 16 heavy (non-hydrogen) atoms. The van der Waals surface area contributed by atoms with Gasteiger partial charge in [-0.05, 0) is 0 Å². The number of rotatable bonds is 4. The normalized spacial score (nSPS) is 11.6. The third-order valence-electron chi connectivity index (χ3n) is 1.77. The highest BCUT2D eigenvalue weighted by atomic mass is 32.2. The lowest BCUT2D eigenvalue weighted by molar-refractivity contribution is 0.278. The van der Waals surface area contributed by atoms with Gasteiger partial charge in [0.1, 0.15) is 0 Å². The molecule has 0 saturated heterocycles. The number of hydrogen-bond donors (Lipinski definition) is 3. The minimum atomic E-state index is -3.76. The monoisotopic (exact) mass is 260 g/mol. The summed E-state index contributed by atoms with van der Waals surface area (Å²) in [5.74, 6) is 0. The fourth-order valence-electron chi connectivity index (χ4n) is 1.08. The van der Waals surface area contributed by atoms with Crippen molar-refractivity contribution in [3.63, 3.8) is 0 Å². The average Bonchev–Trinajstić information content (AvgIpc) is 2.85. The number of thiazole rings is 1. The van der Waals surface area contributed by atoms with E-state index in [1.165, 1.54) is 12.4 Å². The van der Waals surface area contributed by atoms with E-state index in [0.29, 0.717) is 0 Å². The van der Waals surface area contributed by atoms with Gasteiger partial charge in [-0.2, -0.15) is 13.5 Å². The predicted molar refractivity (Wildman–Crippen MR) is 57.4 cm³/mol. The molecule has 0 aromatic carbocycles. The van der Waals surface area contributed by atoms with Crippen molar-refractivity contribution in [2.75, 3.05) is 4.72 Å². The summed E-state index contributed by atoms with van der Waals surface area (Å²) in [6, 6.07) is 0. The number of aromatic amines is 1. The van der Waals surface area contributed by atoms with Crippen LogP contribution in [-0.4, -0.2) is 28.7 Å². The molecule has 2 aromatic rings. The number of nitrogens with one attached hydrogen (secondary N) is 2. The average molecular weight is 260 g/mol. The number of aliphatic hydroxyl groups excluding tert-OH is 1. The minimum Gasteiger partial charge on any atom is -0.392 e. The molecular weight excluding hydrogens is 252 g/mol. The van der Waals surface area contributed by atoms with Gasteiger partial charge in [-0.1, -0.05) is 0 Å². The molecule has 86 valence electrons. The van der Waals surface area contributed by atoms with Gasteiger partial charge in [0.2, 0.25) is 0 Å². The van der Waals surface area contributed by atoms with Crippen molar-refractivity contribution in [1.29, 1.82) is 0 Å². The summed E-state index contributed by atoms with van der Waals surface area (Å²) in [6.07, 6.45) is 2.75. The number of aliphatic hydroxyl groups is 1. The van der Waals surface area contributed by atoms with Gasteiger partial charge in [0.05, 0.1) is 12.8 Å². The molecule has 0 saturated carbocycles. The summed E-state index contributed by atoms with van der Waals surface area (Å²) in [5, 5.41) is 16.6. The van der Waals surface area contributed by atoms with E-state index in [1.807, 2.05) is 0 Å². The van der Waals surface area contributed by atoms with E-state index in [2.05, 4.69) is 19.9 Å². The van der Waals surface area contributed by atoms with Gasteiger partial charge in [0.25, 0.3) is 10.0 Å². The van der Waals surface area contributed by atoms with Crippen molar-refractivity contribution in [3.05, 3.63) is 23.3 Å². The quantitative estimate of drug-likeness (QED) is 0.725. The maximum atomic E-state index is 11.8. The number of sulfonamides is 1. The van der Waals surface area contributed by atoms with Gasteiger partial charge in [-0.15, -0.1) is 11.3 Å². The van der Waals surface area contributed by atoms with Gasteiger partial charge in [0, 0.05) is 17.1 Å². The van der Waals surface area contributed by atoms with Crippen LogP contribution in [0.4, 0.5) is 5.13 Å². The third kappa shape index (κ3) is 2.05. The molecule has 0 fully saturated rings. The van der Waals surface area contributed by atoms with Crippen LogP contribution in [0.2, 0.25) is 0 Å². The maximum Gasteiger partial charge on any atom is 0.280 e. The Balaban J connectivity index is 2.33. The van der Waals surface area contributed by atoms with Crippen molar-refractivity contribution < 1.29 is 13.5 Å². The van der Waals surface area contributed by atoms with Crippen molar-refractivity contribution in [3.8, 4) is 0 Å². The standard InChI is InChI=1S/C7H8N4O3S2/c12-4-5-3-9-10-6(5)16(13,14)11-7-8-1-2-15-7/h1-3,12H,4H2,(H,8,11)(H,9,10). The zero-order valence-electron chi connectivity index (χ0n) is 7.91. The van der Waals surface area contributed by atoms with E-state index in [1.54, 1.807) is 5.38 Å². The topological polar surface area (TPSA) is 108 Å². The Kier molecular flexibility index (Phi) is 2.90. The van der Waals surface area contributed by atoms with E-state index in [9.17, 15) is 8.42 Å². The lowest BCUT2D eigenvalue weighted by Gasteiger charge is -2.03. The second kappa shape index (κ2) is 4.20. The Morgan fingerprint density at radius 2 is 2.38 bits per heavy atom. The largest absolute Gasteiger partial charge is 0.392 e. The van der Waals surface area contributed by atoms with Crippen molar-refractivity contribution in [2.45, 2.75) is 11.6 Å². The number of hydrogen-bond acceptors (Lipinski definition) is 6. The minimum absolute atomic E-state index is 0.148. The van der Waals surface area contributed by atoms with Crippen LogP contribution in [0.5, 0.6) is 0 Å². The molecule has 9 heteroatoms. The molecule has 0 unspecified atom stereocenters. The fourth-order valence-corrected chi connectivity index (χ4v) is 3.00.